The summed E-state index contributed by atoms with van der Waals surface area (Å²) < 4.78 is 5.77. The number of rotatable bonds is 9. The number of nitrogens with zero attached hydrogens (tertiary/aromatic N) is 1. The Labute approximate surface area is 161 Å². The van der Waals surface area contributed by atoms with Gasteiger partial charge < -0.3 is 15.0 Å². The third kappa shape index (κ3) is 5.71. The Morgan fingerprint density at radius 2 is 1.78 bits per heavy atom. The Morgan fingerprint density at radius 1 is 1.11 bits per heavy atom. The van der Waals surface area contributed by atoms with Crippen molar-refractivity contribution in [3.05, 3.63) is 42.0 Å². The minimum absolute atomic E-state index is 0.0448. The molecule has 2 aromatic rings. The van der Waals surface area contributed by atoms with Gasteiger partial charge in [-0.2, -0.15) is 0 Å². The van der Waals surface area contributed by atoms with Gasteiger partial charge in [-0.3, -0.25) is 9.59 Å². The molecule has 2 amide bonds. The highest BCUT2D eigenvalue weighted by Gasteiger charge is 2.20. The molecule has 146 valence electrons. The van der Waals surface area contributed by atoms with Gasteiger partial charge in [0, 0.05) is 19.1 Å². The number of carbonyl (C=O) groups excluding carboxylic acids is 2. The topological polar surface area (TPSA) is 58.6 Å². The second-order valence-corrected chi connectivity index (χ2v) is 6.94. The minimum Gasteiger partial charge on any atom is -0.483 e. The van der Waals surface area contributed by atoms with E-state index in [1.54, 1.807) is 0 Å². The first-order chi connectivity index (χ1) is 13.0. The van der Waals surface area contributed by atoms with Crippen molar-refractivity contribution in [1.29, 1.82) is 0 Å². The van der Waals surface area contributed by atoms with Gasteiger partial charge >= 0.3 is 0 Å². The summed E-state index contributed by atoms with van der Waals surface area (Å²) in [5, 5.41) is 4.76. The summed E-state index contributed by atoms with van der Waals surface area (Å²) in [6.45, 7) is 9.12. The van der Waals surface area contributed by atoms with Crippen molar-refractivity contribution in [1.82, 2.24) is 10.2 Å². The van der Waals surface area contributed by atoms with Crippen molar-refractivity contribution in [2.45, 2.75) is 46.6 Å². The second kappa shape index (κ2) is 9.95. The molecule has 0 fully saturated rings. The van der Waals surface area contributed by atoms with Crippen LogP contribution in [0.25, 0.3) is 10.8 Å². The van der Waals surface area contributed by atoms with Crippen LogP contribution >= 0.6 is 0 Å². The van der Waals surface area contributed by atoms with E-state index >= 15 is 0 Å². The summed E-state index contributed by atoms with van der Waals surface area (Å²) in [5.74, 6) is 0.193. The lowest BCUT2D eigenvalue weighted by atomic mass is 10.0. The number of unbranched alkanes of at least 4 members (excludes halogenated alkanes) is 1. The molecule has 0 aromatic heterocycles. The fourth-order valence-corrected chi connectivity index (χ4v) is 2.94. The second-order valence-electron chi connectivity index (χ2n) is 6.94. The maximum Gasteiger partial charge on any atom is 0.258 e. The van der Waals surface area contributed by atoms with Gasteiger partial charge in [0.25, 0.3) is 11.8 Å². The largest absolute Gasteiger partial charge is 0.483 e. The first-order valence-electron chi connectivity index (χ1n) is 9.70. The number of nitrogens with one attached hydrogen (secondary N) is 1. The number of amides is 2. The Morgan fingerprint density at radius 3 is 2.37 bits per heavy atom. The zero-order valence-corrected chi connectivity index (χ0v) is 16.7. The van der Waals surface area contributed by atoms with Crippen molar-refractivity contribution in [2.24, 2.45) is 0 Å². The number of fused-ring (bicyclic) bond motifs is 1. The van der Waals surface area contributed by atoms with Crippen molar-refractivity contribution >= 4 is 22.6 Å². The van der Waals surface area contributed by atoms with E-state index in [2.05, 4.69) is 12.2 Å². The van der Waals surface area contributed by atoms with Crippen LogP contribution in [0.2, 0.25) is 0 Å². The van der Waals surface area contributed by atoms with Gasteiger partial charge in [-0.15, -0.1) is 0 Å². The molecule has 0 aliphatic carbocycles. The van der Waals surface area contributed by atoms with Crippen LogP contribution in [0, 0.1) is 0 Å². The monoisotopic (exact) mass is 370 g/mol. The van der Waals surface area contributed by atoms with E-state index in [1.807, 2.05) is 62.1 Å². The molecule has 0 aliphatic rings. The Bertz CT molecular complexity index is 786. The smallest absolute Gasteiger partial charge is 0.258 e. The van der Waals surface area contributed by atoms with Crippen LogP contribution in [0.5, 0.6) is 5.75 Å². The van der Waals surface area contributed by atoms with Crippen LogP contribution in [-0.2, 0) is 4.79 Å². The van der Waals surface area contributed by atoms with Crippen molar-refractivity contribution in [3.63, 3.8) is 0 Å². The Hall–Kier alpha value is -2.56. The molecular weight excluding hydrogens is 340 g/mol. The molecular formula is C22H30N2O3. The standard InChI is InChI=1S/C22H30N2O3/c1-5-7-12-24(6-2)22(26)19-13-17-10-8-9-11-18(17)14-20(19)27-15-21(25)23-16(3)4/h8-11,13-14,16H,5-7,12,15H2,1-4H3,(H,23,25). The van der Waals surface area contributed by atoms with E-state index in [9.17, 15) is 9.59 Å². The van der Waals surface area contributed by atoms with Gasteiger partial charge in [0.1, 0.15) is 5.75 Å². The average Bonchev–Trinajstić information content (AvgIpc) is 2.65. The molecule has 0 spiro atoms. The Kier molecular flexibility index (Phi) is 7.65. The van der Waals surface area contributed by atoms with Crippen LogP contribution in [0.4, 0.5) is 0 Å². The summed E-state index contributed by atoms with van der Waals surface area (Å²) in [4.78, 5) is 26.9. The number of carbonyl (C=O) groups is 2. The highest BCUT2D eigenvalue weighted by atomic mass is 16.5. The summed E-state index contributed by atoms with van der Waals surface area (Å²) in [7, 11) is 0. The number of ether oxygens (including phenoxy) is 1. The lowest BCUT2D eigenvalue weighted by Gasteiger charge is -2.22. The molecule has 0 unspecified atom stereocenters. The van der Waals surface area contributed by atoms with Gasteiger partial charge in [-0.25, -0.2) is 0 Å². The first-order valence-corrected chi connectivity index (χ1v) is 9.70. The first kappa shape index (κ1) is 20.7. The summed E-state index contributed by atoms with van der Waals surface area (Å²) in [6.07, 6.45) is 1.99. The normalized spacial score (nSPS) is 10.9. The van der Waals surface area contributed by atoms with E-state index in [0.29, 0.717) is 24.4 Å². The minimum atomic E-state index is -0.199. The molecule has 0 aliphatic heterocycles. The van der Waals surface area contributed by atoms with Gasteiger partial charge in [0.05, 0.1) is 5.56 Å². The van der Waals surface area contributed by atoms with Crippen molar-refractivity contribution in [3.8, 4) is 5.75 Å². The fourth-order valence-electron chi connectivity index (χ4n) is 2.94. The predicted octanol–water partition coefficient (Wildman–Crippen LogP) is 4.01. The van der Waals surface area contributed by atoms with E-state index in [0.717, 1.165) is 23.6 Å². The summed E-state index contributed by atoms with van der Waals surface area (Å²) >= 11 is 0. The van der Waals surface area contributed by atoms with Gasteiger partial charge in [0.2, 0.25) is 0 Å². The maximum atomic E-state index is 13.1. The Balaban J connectivity index is 2.33. The van der Waals surface area contributed by atoms with Gasteiger partial charge in [-0.1, -0.05) is 37.6 Å². The third-order valence-corrected chi connectivity index (χ3v) is 4.34. The molecule has 0 saturated carbocycles. The molecule has 2 aromatic carbocycles. The fraction of sp³-hybridized carbons (Fsp3) is 0.455. The molecule has 2 rings (SSSR count). The predicted molar refractivity (Wildman–Crippen MR) is 109 cm³/mol. The number of hydrogen-bond acceptors (Lipinski definition) is 3. The molecule has 1 N–H and O–H groups in total. The van der Waals surface area contributed by atoms with Crippen LogP contribution in [0.15, 0.2) is 36.4 Å². The zero-order valence-electron chi connectivity index (χ0n) is 16.7. The quantitative estimate of drug-likeness (QED) is 0.726. The van der Waals surface area contributed by atoms with Crippen molar-refractivity contribution in [2.75, 3.05) is 19.7 Å². The number of hydrogen-bond donors (Lipinski definition) is 1. The molecule has 5 heteroatoms. The molecule has 0 radical (unpaired) electrons. The SMILES string of the molecule is CCCCN(CC)C(=O)c1cc2ccccc2cc1OCC(=O)NC(C)C. The third-order valence-electron chi connectivity index (χ3n) is 4.34. The van der Waals surface area contributed by atoms with Crippen molar-refractivity contribution < 1.29 is 14.3 Å². The van der Waals surface area contributed by atoms with Crippen LogP contribution in [0.1, 0.15) is 50.9 Å². The summed E-state index contributed by atoms with van der Waals surface area (Å²) in [5.41, 5.74) is 0.504. The van der Waals surface area contributed by atoms with Crippen LogP contribution in [-0.4, -0.2) is 42.5 Å². The van der Waals surface area contributed by atoms with E-state index < -0.39 is 0 Å². The molecule has 0 saturated heterocycles. The molecule has 5 nitrogen and oxygen atoms in total. The van der Waals surface area contributed by atoms with Crippen LogP contribution < -0.4 is 10.1 Å². The lowest BCUT2D eigenvalue weighted by Crippen LogP contribution is -2.35. The van der Waals surface area contributed by atoms with E-state index in [1.165, 1.54) is 0 Å². The number of benzene rings is 2. The van der Waals surface area contributed by atoms with E-state index in [-0.39, 0.29) is 24.5 Å². The molecule has 0 heterocycles. The van der Waals surface area contributed by atoms with E-state index in [4.69, 9.17) is 4.74 Å². The van der Waals surface area contributed by atoms with Gasteiger partial charge in [-0.05, 0) is 50.1 Å². The lowest BCUT2D eigenvalue weighted by molar-refractivity contribution is -0.123. The molecule has 27 heavy (non-hydrogen) atoms. The zero-order chi connectivity index (χ0) is 19.8. The summed E-state index contributed by atoms with van der Waals surface area (Å²) in [6, 6.07) is 11.6. The van der Waals surface area contributed by atoms with Crippen LogP contribution in [0.3, 0.4) is 0 Å². The average molecular weight is 370 g/mol. The molecule has 0 atom stereocenters. The highest BCUT2D eigenvalue weighted by Crippen LogP contribution is 2.27. The molecule has 0 bridgehead atoms. The maximum absolute atomic E-state index is 13.1. The highest BCUT2D eigenvalue weighted by molar-refractivity contribution is 6.01. The van der Waals surface area contributed by atoms with Gasteiger partial charge in [0.15, 0.2) is 6.61 Å².